The number of halogens is 2. The number of amides is 1. The molecular weight excluding hydrogens is 439 g/mol. The van der Waals surface area contributed by atoms with Gasteiger partial charge in [0.1, 0.15) is 35.2 Å². The SMILES string of the molecule is COc1cc2ncnc(Nc3ccc(F)c(Cl)c3)c2cc1Cc1ccc(CC(=O)NO)o1. The van der Waals surface area contributed by atoms with Crippen molar-refractivity contribution in [2.75, 3.05) is 12.4 Å². The van der Waals surface area contributed by atoms with Gasteiger partial charge in [0.15, 0.2) is 0 Å². The van der Waals surface area contributed by atoms with Crippen molar-refractivity contribution in [3.8, 4) is 5.75 Å². The number of rotatable bonds is 7. The zero-order valence-corrected chi connectivity index (χ0v) is 17.6. The summed E-state index contributed by atoms with van der Waals surface area (Å²) < 4.78 is 24.7. The Kier molecular flexibility index (Phi) is 6.20. The number of carbonyl (C=O) groups is 1. The molecule has 0 saturated carbocycles. The number of nitrogens with one attached hydrogen (secondary N) is 2. The van der Waals surface area contributed by atoms with Crippen LogP contribution in [0.3, 0.4) is 0 Å². The molecule has 3 N–H and O–H groups in total. The number of benzene rings is 2. The number of ether oxygens (including phenoxy) is 1. The van der Waals surface area contributed by atoms with Crippen molar-refractivity contribution in [3.63, 3.8) is 0 Å². The number of aromatic nitrogens is 2. The van der Waals surface area contributed by atoms with Crippen LogP contribution in [0.5, 0.6) is 5.75 Å². The minimum Gasteiger partial charge on any atom is -0.496 e. The summed E-state index contributed by atoms with van der Waals surface area (Å²) >= 11 is 5.88. The van der Waals surface area contributed by atoms with Crippen LogP contribution in [-0.2, 0) is 17.6 Å². The number of hydrogen-bond acceptors (Lipinski definition) is 7. The maximum Gasteiger partial charge on any atom is 0.250 e. The van der Waals surface area contributed by atoms with Crippen molar-refractivity contribution in [3.05, 3.63) is 76.7 Å². The summed E-state index contributed by atoms with van der Waals surface area (Å²) in [4.78, 5) is 20.0. The molecule has 0 atom stereocenters. The number of hydrogen-bond donors (Lipinski definition) is 3. The van der Waals surface area contributed by atoms with Crippen LogP contribution < -0.4 is 15.5 Å². The maximum atomic E-state index is 13.5. The second-order valence-electron chi connectivity index (χ2n) is 6.91. The zero-order chi connectivity index (χ0) is 22.7. The molecule has 0 aliphatic heterocycles. The first-order chi connectivity index (χ1) is 15.5. The lowest BCUT2D eigenvalue weighted by molar-refractivity contribution is -0.128. The van der Waals surface area contributed by atoms with Crippen LogP contribution in [0.25, 0.3) is 10.9 Å². The largest absolute Gasteiger partial charge is 0.496 e. The van der Waals surface area contributed by atoms with Gasteiger partial charge in [-0.25, -0.2) is 19.8 Å². The highest BCUT2D eigenvalue weighted by Crippen LogP contribution is 2.32. The topological polar surface area (TPSA) is 110 Å². The van der Waals surface area contributed by atoms with Crippen LogP contribution in [0.4, 0.5) is 15.9 Å². The molecule has 0 aliphatic carbocycles. The Labute approximate surface area is 187 Å². The van der Waals surface area contributed by atoms with Gasteiger partial charge in [0.05, 0.1) is 24.1 Å². The van der Waals surface area contributed by atoms with E-state index in [-0.39, 0.29) is 11.4 Å². The van der Waals surface area contributed by atoms with E-state index in [0.717, 1.165) is 10.9 Å². The molecule has 0 saturated heterocycles. The summed E-state index contributed by atoms with van der Waals surface area (Å²) in [6, 6.07) is 11.4. The number of carbonyl (C=O) groups excluding carboxylic acids is 1. The monoisotopic (exact) mass is 456 g/mol. The third-order valence-electron chi connectivity index (χ3n) is 4.76. The molecule has 4 aromatic rings. The smallest absolute Gasteiger partial charge is 0.250 e. The van der Waals surface area contributed by atoms with Crippen molar-refractivity contribution in [2.45, 2.75) is 12.8 Å². The van der Waals surface area contributed by atoms with E-state index < -0.39 is 11.7 Å². The first kappa shape index (κ1) is 21.5. The molecule has 0 unspecified atom stereocenters. The summed E-state index contributed by atoms with van der Waals surface area (Å²) in [5.41, 5.74) is 3.61. The van der Waals surface area contributed by atoms with Crippen molar-refractivity contribution in [2.24, 2.45) is 0 Å². The predicted molar refractivity (Wildman–Crippen MR) is 116 cm³/mol. The summed E-state index contributed by atoms with van der Waals surface area (Å²) in [5.74, 6) is 1.08. The molecule has 0 spiro atoms. The van der Waals surface area contributed by atoms with Gasteiger partial charge in [0, 0.05) is 29.1 Å². The Hall–Kier alpha value is -3.69. The average Bonchev–Trinajstić information content (AvgIpc) is 3.22. The van der Waals surface area contributed by atoms with Gasteiger partial charge in [-0.3, -0.25) is 10.0 Å². The fraction of sp³-hybridized carbons (Fsp3) is 0.136. The standard InChI is InChI=1S/C22H18ClFN4O4/c1-31-20-10-19-16(7-12(20)6-14-3-4-15(32-14)9-21(29)28-30)22(26-11-25-19)27-13-2-5-18(24)17(23)8-13/h2-5,7-8,10-11,30H,6,9H2,1H3,(H,28,29)(H,25,26,27). The van der Waals surface area contributed by atoms with E-state index in [1.165, 1.54) is 18.5 Å². The Morgan fingerprint density at radius 2 is 2.00 bits per heavy atom. The summed E-state index contributed by atoms with van der Waals surface area (Å²) in [7, 11) is 1.56. The van der Waals surface area contributed by atoms with Crippen molar-refractivity contribution in [1.82, 2.24) is 15.4 Å². The molecule has 2 aromatic carbocycles. The lowest BCUT2D eigenvalue weighted by atomic mass is 10.1. The Balaban J connectivity index is 1.67. The Morgan fingerprint density at radius 3 is 2.75 bits per heavy atom. The van der Waals surface area contributed by atoms with E-state index in [1.54, 1.807) is 36.9 Å². The molecule has 164 valence electrons. The first-order valence-electron chi connectivity index (χ1n) is 9.51. The minimum atomic E-state index is -0.567. The lowest BCUT2D eigenvalue weighted by Gasteiger charge is -2.13. The third-order valence-corrected chi connectivity index (χ3v) is 5.05. The number of nitrogens with zero attached hydrogens (tertiary/aromatic N) is 2. The number of furan rings is 1. The van der Waals surface area contributed by atoms with Gasteiger partial charge in [0.2, 0.25) is 0 Å². The number of fused-ring (bicyclic) bond motifs is 1. The van der Waals surface area contributed by atoms with Crippen molar-refractivity contribution >= 4 is 39.9 Å². The molecule has 1 amide bonds. The zero-order valence-electron chi connectivity index (χ0n) is 16.9. The van der Waals surface area contributed by atoms with Crippen LogP contribution in [0.2, 0.25) is 5.02 Å². The van der Waals surface area contributed by atoms with Gasteiger partial charge >= 0.3 is 0 Å². The summed E-state index contributed by atoms with van der Waals surface area (Å²) in [6.07, 6.45) is 1.73. The highest BCUT2D eigenvalue weighted by molar-refractivity contribution is 6.31. The second-order valence-corrected chi connectivity index (χ2v) is 7.32. The lowest BCUT2D eigenvalue weighted by Crippen LogP contribution is -2.20. The van der Waals surface area contributed by atoms with Crippen molar-refractivity contribution in [1.29, 1.82) is 0 Å². The number of hydroxylamine groups is 1. The average molecular weight is 457 g/mol. The first-order valence-corrected chi connectivity index (χ1v) is 9.89. The third kappa shape index (κ3) is 4.63. The number of anilines is 2. The summed E-state index contributed by atoms with van der Waals surface area (Å²) in [6.45, 7) is 0. The maximum absolute atomic E-state index is 13.5. The fourth-order valence-electron chi connectivity index (χ4n) is 3.26. The van der Waals surface area contributed by atoms with Gasteiger partial charge in [-0.05, 0) is 36.4 Å². The molecular formula is C22H18ClFN4O4. The fourth-order valence-corrected chi connectivity index (χ4v) is 3.45. The molecule has 0 fully saturated rings. The summed E-state index contributed by atoms with van der Waals surface area (Å²) in [5, 5.41) is 12.5. The molecule has 0 bridgehead atoms. The van der Waals surface area contributed by atoms with E-state index in [9.17, 15) is 9.18 Å². The molecule has 2 heterocycles. The van der Waals surface area contributed by atoms with E-state index in [4.69, 9.17) is 26.0 Å². The van der Waals surface area contributed by atoms with E-state index in [2.05, 4.69) is 15.3 Å². The van der Waals surface area contributed by atoms with Crippen molar-refractivity contribution < 1.29 is 23.5 Å². The molecule has 2 aromatic heterocycles. The number of methoxy groups -OCH3 is 1. The Bertz CT molecular complexity index is 1290. The van der Waals surface area contributed by atoms with Crippen LogP contribution in [0.15, 0.2) is 53.2 Å². The minimum absolute atomic E-state index is 0.000719. The van der Waals surface area contributed by atoms with Gasteiger partial charge in [-0.15, -0.1) is 0 Å². The molecule has 10 heteroatoms. The molecule has 0 radical (unpaired) electrons. The normalized spacial score (nSPS) is 10.9. The molecule has 32 heavy (non-hydrogen) atoms. The van der Waals surface area contributed by atoms with Gasteiger partial charge in [-0.2, -0.15) is 0 Å². The van der Waals surface area contributed by atoms with E-state index >= 15 is 0 Å². The predicted octanol–water partition coefficient (Wildman–Crippen LogP) is 4.41. The highest BCUT2D eigenvalue weighted by atomic mass is 35.5. The van der Waals surface area contributed by atoms with Crippen LogP contribution in [0, 0.1) is 5.82 Å². The van der Waals surface area contributed by atoms with Gasteiger partial charge in [-0.1, -0.05) is 11.6 Å². The highest BCUT2D eigenvalue weighted by Gasteiger charge is 2.14. The molecule has 8 nitrogen and oxygen atoms in total. The van der Waals surface area contributed by atoms with E-state index in [0.29, 0.717) is 40.7 Å². The van der Waals surface area contributed by atoms with E-state index in [1.807, 2.05) is 6.07 Å². The molecule has 0 aliphatic rings. The Morgan fingerprint density at radius 1 is 1.19 bits per heavy atom. The van der Waals surface area contributed by atoms with Crippen LogP contribution in [-0.4, -0.2) is 28.2 Å². The van der Waals surface area contributed by atoms with Gasteiger partial charge < -0.3 is 14.5 Å². The quantitative estimate of drug-likeness (QED) is 0.279. The van der Waals surface area contributed by atoms with Gasteiger partial charge in [0.25, 0.3) is 5.91 Å². The second kappa shape index (κ2) is 9.21. The van der Waals surface area contributed by atoms with Crippen LogP contribution >= 0.6 is 11.6 Å². The van der Waals surface area contributed by atoms with Crippen LogP contribution in [0.1, 0.15) is 17.1 Å². The molecule has 4 rings (SSSR count).